The molecule has 98 valence electrons. The van der Waals surface area contributed by atoms with Gasteiger partial charge in [0, 0.05) is 5.33 Å². The number of fused-ring (bicyclic) bond motifs is 1. The molecule has 1 aromatic carbocycles. The summed E-state index contributed by atoms with van der Waals surface area (Å²) in [6.07, 6.45) is 2.53. The summed E-state index contributed by atoms with van der Waals surface area (Å²) in [6, 6.07) is 6.91. The van der Waals surface area contributed by atoms with Crippen LogP contribution in [0.2, 0.25) is 0 Å². The van der Waals surface area contributed by atoms with Crippen molar-refractivity contribution in [2.24, 2.45) is 0 Å². The molecule has 0 atom stereocenters. The SMILES string of the molecule is C=C(CBr)c1ccc2c(c1)C(C)(C)CCC2(C)C. The molecule has 0 aliphatic heterocycles. The molecule has 0 bridgehead atoms. The predicted molar refractivity (Wildman–Crippen MR) is 84.6 cm³/mol. The fourth-order valence-corrected chi connectivity index (χ4v) is 3.21. The first kappa shape index (κ1) is 13.9. The van der Waals surface area contributed by atoms with Crippen molar-refractivity contribution in [3.63, 3.8) is 0 Å². The smallest absolute Gasteiger partial charge is 0.0283 e. The van der Waals surface area contributed by atoms with Crippen molar-refractivity contribution in [2.45, 2.75) is 51.4 Å². The molecule has 2 rings (SSSR count). The van der Waals surface area contributed by atoms with Gasteiger partial charge in [-0.3, -0.25) is 0 Å². The maximum atomic E-state index is 4.13. The van der Waals surface area contributed by atoms with Crippen molar-refractivity contribution in [3.05, 3.63) is 41.5 Å². The van der Waals surface area contributed by atoms with E-state index in [1.165, 1.54) is 29.5 Å². The zero-order valence-corrected chi connectivity index (χ0v) is 13.5. The van der Waals surface area contributed by atoms with Crippen LogP contribution in [0.1, 0.15) is 57.2 Å². The van der Waals surface area contributed by atoms with Crippen molar-refractivity contribution >= 4 is 21.5 Å². The average molecular weight is 307 g/mol. The topological polar surface area (TPSA) is 0 Å². The van der Waals surface area contributed by atoms with Gasteiger partial charge in [0.15, 0.2) is 0 Å². The van der Waals surface area contributed by atoms with Crippen LogP contribution in [0.25, 0.3) is 5.57 Å². The number of alkyl halides is 1. The summed E-state index contributed by atoms with van der Waals surface area (Å²) in [4.78, 5) is 0. The molecule has 0 N–H and O–H groups in total. The molecule has 1 aliphatic carbocycles. The Bertz CT molecular complexity index is 480. The summed E-state index contributed by atoms with van der Waals surface area (Å²) in [6.45, 7) is 13.6. The molecule has 1 aromatic rings. The molecule has 0 spiro atoms. The standard InChI is InChI=1S/C17H23Br/c1-12(11-18)13-6-7-14-15(10-13)17(4,5)9-8-16(14,2)3/h6-7,10H,1,8-9,11H2,2-5H3. The van der Waals surface area contributed by atoms with E-state index in [2.05, 4.69) is 68.4 Å². The van der Waals surface area contributed by atoms with Gasteiger partial charge in [0.25, 0.3) is 0 Å². The number of hydrogen-bond acceptors (Lipinski definition) is 0. The van der Waals surface area contributed by atoms with E-state index in [1.54, 1.807) is 0 Å². The third-order valence-electron chi connectivity index (χ3n) is 4.42. The van der Waals surface area contributed by atoms with Gasteiger partial charge in [0.1, 0.15) is 0 Å². The first-order valence-corrected chi connectivity index (χ1v) is 7.79. The lowest BCUT2D eigenvalue weighted by Crippen LogP contribution is -2.33. The van der Waals surface area contributed by atoms with Crippen LogP contribution in [0.15, 0.2) is 24.8 Å². The maximum absolute atomic E-state index is 4.13. The van der Waals surface area contributed by atoms with E-state index < -0.39 is 0 Å². The Kier molecular flexibility index (Phi) is 3.48. The van der Waals surface area contributed by atoms with Crippen LogP contribution in [-0.4, -0.2) is 5.33 Å². The summed E-state index contributed by atoms with van der Waals surface area (Å²) < 4.78 is 0. The molecule has 0 fully saturated rings. The number of hydrogen-bond donors (Lipinski definition) is 0. The van der Waals surface area contributed by atoms with Gasteiger partial charge in [-0.1, -0.05) is 68.4 Å². The second-order valence-electron chi connectivity index (χ2n) is 6.77. The van der Waals surface area contributed by atoms with Gasteiger partial charge in [-0.2, -0.15) is 0 Å². The molecule has 0 saturated heterocycles. The normalized spacial score (nSPS) is 20.3. The van der Waals surface area contributed by atoms with Gasteiger partial charge in [-0.15, -0.1) is 0 Å². The summed E-state index contributed by atoms with van der Waals surface area (Å²) >= 11 is 3.50. The van der Waals surface area contributed by atoms with Crippen LogP contribution in [0.4, 0.5) is 0 Å². The molecule has 0 aromatic heterocycles. The molecule has 18 heavy (non-hydrogen) atoms. The first-order valence-electron chi connectivity index (χ1n) is 6.67. The van der Waals surface area contributed by atoms with E-state index in [-0.39, 0.29) is 5.41 Å². The number of rotatable bonds is 2. The number of halogens is 1. The van der Waals surface area contributed by atoms with Crippen molar-refractivity contribution < 1.29 is 0 Å². The van der Waals surface area contributed by atoms with E-state index in [0.717, 1.165) is 10.9 Å². The Hall–Kier alpha value is -0.560. The second kappa shape index (κ2) is 4.52. The van der Waals surface area contributed by atoms with Crippen LogP contribution in [0, 0.1) is 0 Å². The summed E-state index contributed by atoms with van der Waals surface area (Å²) in [5.41, 5.74) is 6.06. The minimum Gasteiger partial charge on any atom is -0.0944 e. The molecular weight excluding hydrogens is 284 g/mol. The van der Waals surface area contributed by atoms with Gasteiger partial charge < -0.3 is 0 Å². The van der Waals surface area contributed by atoms with Crippen molar-refractivity contribution in [3.8, 4) is 0 Å². The van der Waals surface area contributed by atoms with Gasteiger partial charge in [-0.25, -0.2) is 0 Å². The molecule has 0 heterocycles. The fraction of sp³-hybridized carbons (Fsp3) is 0.529. The van der Waals surface area contributed by atoms with Gasteiger partial charge in [0.05, 0.1) is 0 Å². The quantitative estimate of drug-likeness (QED) is 0.638. The molecular formula is C17H23Br. The summed E-state index contributed by atoms with van der Waals surface area (Å²) in [7, 11) is 0. The van der Waals surface area contributed by atoms with Crippen LogP contribution >= 0.6 is 15.9 Å². The Morgan fingerprint density at radius 2 is 1.67 bits per heavy atom. The maximum Gasteiger partial charge on any atom is 0.0283 e. The molecule has 0 radical (unpaired) electrons. The van der Waals surface area contributed by atoms with E-state index in [0.29, 0.717) is 5.41 Å². The van der Waals surface area contributed by atoms with Gasteiger partial charge >= 0.3 is 0 Å². The third kappa shape index (κ3) is 2.30. The van der Waals surface area contributed by atoms with E-state index >= 15 is 0 Å². The van der Waals surface area contributed by atoms with E-state index in [9.17, 15) is 0 Å². The van der Waals surface area contributed by atoms with Gasteiger partial charge in [-0.05, 0) is 45.9 Å². The monoisotopic (exact) mass is 306 g/mol. The Balaban J connectivity index is 2.58. The lowest BCUT2D eigenvalue weighted by Gasteiger charge is -2.42. The summed E-state index contributed by atoms with van der Waals surface area (Å²) in [5, 5.41) is 0.843. The van der Waals surface area contributed by atoms with Crippen LogP contribution in [-0.2, 0) is 10.8 Å². The average Bonchev–Trinajstić information content (AvgIpc) is 2.34. The lowest BCUT2D eigenvalue weighted by molar-refractivity contribution is 0.332. The van der Waals surface area contributed by atoms with Crippen LogP contribution < -0.4 is 0 Å². The minimum absolute atomic E-state index is 0.285. The second-order valence-corrected chi connectivity index (χ2v) is 7.33. The molecule has 0 unspecified atom stereocenters. The lowest BCUT2D eigenvalue weighted by atomic mass is 9.63. The van der Waals surface area contributed by atoms with Crippen molar-refractivity contribution in [1.29, 1.82) is 0 Å². The molecule has 1 aliphatic rings. The molecule has 0 amide bonds. The highest BCUT2D eigenvalue weighted by molar-refractivity contribution is 9.09. The Labute approximate surface area is 120 Å². The largest absolute Gasteiger partial charge is 0.0944 e. The van der Waals surface area contributed by atoms with Crippen molar-refractivity contribution in [1.82, 2.24) is 0 Å². The Morgan fingerprint density at radius 3 is 2.22 bits per heavy atom. The number of benzene rings is 1. The predicted octanol–water partition coefficient (Wildman–Crippen LogP) is 5.44. The minimum atomic E-state index is 0.285. The Morgan fingerprint density at radius 1 is 1.11 bits per heavy atom. The highest BCUT2D eigenvalue weighted by atomic mass is 79.9. The highest BCUT2D eigenvalue weighted by Gasteiger charge is 2.36. The van der Waals surface area contributed by atoms with Gasteiger partial charge in [0.2, 0.25) is 0 Å². The molecule has 0 saturated carbocycles. The zero-order valence-electron chi connectivity index (χ0n) is 11.9. The highest BCUT2D eigenvalue weighted by Crippen LogP contribution is 2.46. The van der Waals surface area contributed by atoms with Crippen molar-refractivity contribution in [2.75, 3.05) is 5.33 Å². The third-order valence-corrected chi connectivity index (χ3v) is 5.10. The first-order chi connectivity index (χ1) is 8.28. The summed E-state index contributed by atoms with van der Waals surface area (Å²) in [5.74, 6) is 0. The number of allylic oxidation sites excluding steroid dienone is 1. The van der Waals surface area contributed by atoms with E-state index in [4.69, 9.17) is 0 Å². The molecule has 0 nitrogen and oxygen atoms in total. The van der Waals surface area contributed by atoms with Crippen LogP contribution in [0.3, 0.4) is 0 Å². The fourth-order valence-electron chi connectivity index (χ4n) is 2.89. The molecule has 1 heteroatoms. The van der Waals surface area contributed by atoms with Crippen LogP contribution in [0.5, 0.6) is 0 Å². The zero-order chi connectivity index (χ0) is 13.6. The van der Waals surface area contributed by atoms with E-state index in [1.807, 2.05) is 0 Å².